The van der Waals surface area contributed by atoms with Crippen LogP contribution in [0.1, 0.15) is 20.3 Å². The number of hydrogen-bond acceptors (Lipinski definition) is 4. The molecule has 1 aromatic carbocycles. The number of para-hydroxylation sites is 2. The Morgan fingerprint density at radius 3 is 2.59 bits per heavy atom. The van der Waals surface area contributed by atoms with Crippen molar-refractivity contribution in [1.29, 1.82) is 0 Å². The van der Waals surface area contributed by atoms with Crippen LogP contribution >= 0.6 is 0 Å². The zero-order chi connectivity index (χ0) is 12.8. The zero-order valence-corrected chi connectivity index (χ0v) is 10.6. The molecule has 17 heavy (non-hydrogen) atoms. The van der Waals surface area contributed by atoms with Crippen LogP contribution in [0.15, 0.2) is 24.3 Å². The number of benzene rings is 1. The molecule has 1 unspecified atom stereocenters. The summed E-state index contributed by atoms with van der Waals surface area (Å²) in [4.78, 5) is 11.6. The summed E-state index contributed by atoms with van der Waals surface area (Å²) < 4.78 is 4.78. The van der Waals surface area contributed by atoms with Crippen LogP contribution in [-0.2, 0) is 9.53 Å². The van der Waals surface area contributed by atoms with E-state index in [1.165, 1.54) is 7.11 Å². The van der Waals surface area contributed by atoms with Crippen LogP contribution in [0, 0.1) is 5.92 Å². The van der Waals surface area contributed by atoms with Crippen LogP contribution in [0.5, 0.6) is 0 Å². The fraction of sp³-hybridized carbons (Fsp3) is 0.462. The van der Waals surface area contributed by atoms with E-state index in [1.807, 2.05) is 18.2 Å². The number of nitrogen functional groups attached to an aromatic ring is 1. The molecular formula is C13H20N2O2. The minimum atomic E-state index is -0.357. The molecule has 4 heteroatoms. The van der Waals surface area contributed by atoms with Crippen LogP contribution in [-0.4, -0.2) is 19.1 Å². The van der Waals surface area contributed by atoms with Gasteiger partial charge in [0.15, 0.2) is 0 Å². The van der Waals surface area contributed by atoms with Gasteiger partial charge in [-0.25, -0.2) is 4.79 Å². The van der Waals surface area contributed by atoms with Crippen molar-refractivity contribution < 1.29 is 9.53 Å². The first-order valence-corrected chi connectivity index (χ1v) is 5.73. The molecule has 0 fully saturated rings. The quantitative estimate of drug-likeness (QED) is 0.608. The van der Waals surface area contributed by atoms with Gasteiger partial charge < -0.3 is 15.8 Å². The highest BCUT2D eigenvalue weighted by molar-refractivity contribution is 5.81. The molecule has 1 rings (SSSR count). The smallest absolute Gasteiger partial charge is 0.328 e. The van der Waals surface area contributed by atoms with Crippen LogP contribution in [0.2, 0.25) is 0 Å². The summed E-state index contributed by atoms with van der Waals surface area (Å²) >= 11 is 0. The first-order chi connectivity index (χ1) is 8.04. The molecule has 0 radical (unpaired) electrons. The average molecular weight is 236 g/mol. The zero-order valence-electron chi connectivity index (χ0n) is 10.6. The molecule has 0 aliphatic carbocycles. The Hall–Kier alpha value is -1.71. The molecule has 94 valence electrons. The van der Waals surface area contributed by atoms with E-state index in [2.05, 4.69) is 19.2 Å². The highest BCUT2D eigenvalue weighted by atomic mass is 16.5. The number of methoxy groups -OCH3 is 1. The molecule has 0 spiro atoms. The number of anilines is 2. The molecule has 0 aliphatic heterocycles. The van der Waals surface area contributed by atoms with Crippen LogP contribution < -0.4 is 11.1 Å². The van der Waals surface area contributed by atoms with Gasteiger partial charge in [-0.2, -0.15) is 0 Å². The van der Waals surface area contributed by atoms with E-state index >= 15 is 0 Å². The molecule has 1 aromatic rings. The van der Waals surface area contributed by atoms with Crippen molar-refractivity contribution in [3.05, 3.63) is 24.3 Å². The monoisotopic (exact) mass is 236 g/mol. The predicted octanol–water partition coefficient (Wildman–Crippen LogP) is 2.27. The second-order valence-corrected chi connectivity index (χ2v) is 4.44. The van der Waals surface area contributed by atoms with Gasteiger partial charge in [-0.05, 0) is 24.5 Å². The molecule has 3 N–H and O–H groups in total. The van der Waals surface area contributed by atoms with Crippen LogP contribution in [0.4, 0.5) is 11.4 Å². The van der Waals surface area contributed by atoms with Crippen molar-refractivity contribution in [1.82, 2.24) is 0 Å². The van der Waals surface area contributed by atoms with Gasteiger partial charge in [0.25, 0.3) is 0 Å². The molecule has 0 aliphatic rings. The number of carbonyl (C=O) groups excluding carboxylic acids is 1. The predicted molar refractivity (Wildman–Crippen MR) is 69.7 cm³/mol. The standard InChI is InChI=1S/C13H20N2O2/c1-9(2)8-12(13(16)17-3)15-11-7-5-4-6-10(11)14/h4-7,9,12,15H,8,14H2,1-3H3. The molecule has 4 nitrogen and oxygen atoms in total. The Balaban J connectivity index is 2.79. The van der Waals surface area contributed by atoms with Crippen molar-refractivity contribution in [3.8, 4) is 0 Å². The van der Waals surface area contributed by atoms with Gasteiger partial charge >= 0.3 is 5.97 Å². The fourth-order valence-electron chi connectivity index (χ4n) is 1.64. The average Bonchev–Trinajstić information content (AvgIpc) is 2.29. The summed E-state index contributed by atoms with van der Waals surface area (Å²) in [5.41, 5.74) is 7.22. The van der Waals surface area contributed by atoms with Crippen LogP contribution in [0.25, 0.3) is 0 Å². The lowest BCUT2D eigenvalue weighted by Crippen LogP contribution is -2.32. The van der Waals surface area contributed by atoms with E-state index in [9.17, 15) is 4.79 Å². The number of carbonyl (C=O) groups is 1. The number of hydrogen-bond donors (Lipinski definition) is 2. The van der Waals surface area contributed by atoms with Gasteiger partial charge in [-0.15, -0.1) is 0 Å². The topological polar surface area (TPSA) is 64.3 Å². The lowest BCUT2D eigenvalue weighted by Gasteiger charge is -2.20. The third-order valence-electron chi connectivity index (χ3n) is 2.48. The first-order valence-electron chi connectivity index (χ1n) is 5.73. The Morgan fingerprint density at radius 1 is 1.41 bits per heavy atom. The van der Waals surface area contributed by atoms with Gasteiger partial charge in [-0.3, -0.25) is 0 Å². The maximum Gasteiger partial charge on any atom is 0.328 e. The molecular weight excluding hydrogens is 216 g/mol. The summed E-state index contributed by atoms with van der Waals surface area (Å²) in [5.74, 6) is 0.137. The van der Waals surface area contributed by atoms with E-state index in [0.717, 1.165) is 5.69 Å². The maximum atomic E-state index is 11.6. The number of esters is 1. The van der Waals surface area contributed by atoms with Crippen molar-refractivity contribution in [2.75, 3.05) is 18.2 Å². The highest BCUT2D eigenvalue weighted by Crippen LogP contribution is 2.20. The molecule has 0 aromatic heterocycles. The van der Waals surface area contributed by atoms with Gasteiger partial charge in [0, 0.05) is 0 Å². The Labute approximate surface area is 102 Å². The molecule has 0 bridgehead atoms. The minimum absolute atomic E-state index is 0.262. The number of ether oxygens (including phenoxy) is 1. The van der Waals surface area contributed by atoms with Crippen molar-refractivity contribution in [2.45, 2.75) is 26.3 Å². The number of rotatable bonds is 5. The normalized spacial score (nSPS) is 12.2. The summed E-state index contributed by atoms with van der Waals surface area (Å²) in [6, 6.07) is 7.03. The highest BCUT2D eigenvalue weighted by Gasteiger charge is 2.20. The Morgan fingerprint density at radius 2 is 2.06 bits per heavy atom. The fourth-order valence-corrected chi connectivity index (χ4v) is 1.64. The lowest BCUT2D eigenvalue weighted by molar-refractivity contribution is -0.141. The maximum absolute atomic E-state index is 11.6. The van der Waals surface area contributed by atoms with Crippen molar-refractivity contribution >= 4 is 17.3 Å². The Bertz CT molecular complexity index is 377. The van der Waals surface area contributed by atoms with E-state index < -0.39 is 0 Å². The number of nitrogens with one attached hydrogen (secondary N) is 1. The second kappa shape index (κ2) is 6.13. The summed E-state index contributed by atoms with van der Waals surface area (Å²) in [6.45, 7) is 4.12. The Kier molecular flexibility index (Phi) is 4.82. The summed E-state index contributed by atoms with van der Waals surface area (Å²) in [6.07, 6.45) is 0.709. The van der Waals surface area contributed by atoms with E-state index in [1.54, 1.807) is 6.07 Å². The van der Waals surface area contributed by atoms with E-state index in [4.69, 9.17) is 10.5 Å². The van der Waals surface area contributed by atoms with E-state index in [-0.39, 0.29) is 12.0 Å². The third-order valence-corrected chi connectivity index (χ3v) is 2.48. The van der Waals surface area contributed by atoms with Crippen molar-refractivity contribution in [2.24, 2.45) is 5.92 Å². The molecule has 0 amide bonds. The number of nitrogens with two attached hydrogens (primary N) is 1. The summed E-state index contributed by atoms with van der Waals surface area (Å²) in [5, 5.41) is 3.13. The lowest BCUT2D eigenvalue weighted by atomic mass is 10.0. The second-order valence-electron chi connectivity index (χ2n) is 4.44. The minimum Gasteiger partial charge on any atom is -0.467 e. The SMILES string of the molecule is COC(=O)C(CC(C)C)Nc1ccccc1N. The van der Waals surface area contributed by atoms with Crippen molar-refractivity contribution in [3.63, 3.8) is 0 Å². The molecule has 0 heterocycles. The van der Waals surface area contributed by atoms with E-state index in [0.29, 0.717) is 18.0 Å². The van der Waals surface area contributed by atoms with Crippen LogP contribution in [0.3, 0.4) is 0 Å². The van der Waals surface area contributed by atoms with Gasteiger partial charge in [-0.1, -0.05) is 26.0 Å². The third kappa shape index (κ3) is 3.98. The van der Waals surface area contributed by atoms with Gasteiger partial charge in [0.1, 0.15) is 6.04 Å². The molecule has 0 saturated heterocycles. The largest absolute Gasteiger partial charge is 0.467 e. The molecule has 1 atom stereocenters. The van der Waals surface area contributed by atoms with Gasteiger partial charge in [0.05, 0.1) is 18.5 Å². The van der Waals surface area contributed by atoms with Gasteiger partial charge in [0.2, 0.25) is 0 Å². The first kappa shape index (κ1) is 13.4. The summed E-state index contributed by atoms with van der Waals surface area (Å²) in [7, 11) is 1.39. The molecule has 0 saturated carbocycles.